The number of carbonyl (C=O) groups excluding carboxylic acids is 1. The maximum absolute atomic E-state index is 11.7. The van der Waals surface area contributed by atoms with Crippen molar-refractivity contribution in [3.05, 3.63) is 0 Å². The molecule has 0 spiro atoms. The molecule has 1 aliphatic rings. The SMILES string of the molecule is CC(C)(C)OC(=O)NC1CCN(CCOCCOCCN)CC1. The zero-order valence-electron chi connectivity index (χ0n) is 14.8. The number of carbonyl (C=O) groups is 1. The summed E-state index contributed by atoms with van der Waals surface area (Å²) in [6, 6.07) is 0.201. The average Bonchev–Trinajstić information content (AvgIpc) is 2.46. The molecule has 0 unspecified atom stereocenters. The third-order valence-electron chi connectivity index (χ3n) is 3.49. The number of piperidine rings is 1. The number of nitrogens with two attached hydrogens (primary N) is 1. The van der Waals surface area contributed by atoms with Crippen LogP contribution in [-0.4, -0.2) is 75.2 Å². The molecule has 0 atom stereocenters. The molecule has 7 nitrogen and oxygen atoms in total. The summed E-state index contributed by atoms with van der Waals surface area (Å²) < 4.78 is 16.1. The van der Waals surface area contributed by atoms with E-state index in [2.05, 4.69) is 10.2 Å². The Balaban J connectivity index is 2.03. The van der Waals surface area contributed by atoms with Crippen LogP contribution < -0.4 is 11.1 Å². The molecule has 1 fully saturated rings. The Kier molecular flexibility index (Phi) is 9.47. The van der Waals surface area contributed by atoms with Crippen molar-refractivity contribution in [3.8, 4) is 0 Å². The summed E-state index contributed by atoms with van der Waals surface area (Å²) >= 11 is 0. The van der Waals surface area contributed by atoms with E-state index in [9.17, 15) is 4.79 Å². The summed E-state index contributed by atoms with van der Waals surface area (Å²) in [6.07, 6.45) is 1.56. The van der Waals surface area contributed by atoms with Gasteiger partial charge in [-0.15, -0.1) is 0 Å². The van der Waals surface area contributed by atoms with Crippen LogP contribution in [0, 0.1) is 0 Å². The van der Waals surface area contributed by atoms with Gasteiger partial charge in [-0.3, -0.25) is 0 Å². The lowest BCUT2D eigenvalue weighted by molar-refractivity contribution is 0.0352. The van der Waals surface area contributed by atoms with Crippen LogP contribution >= 0.6 is 0 Å². The molecule has 7 heteroatoms. The number of hydrogen-bond acceptors (Lipinski definition) is 6. The Bertz CT molecular complexity index is 326. The minimum atomic E-state index is -0.448. The smallest absolute Gasteiger partial charge is 0.407 e. The molecule has 1 aliphatic heterocycles. The van der Waals surface area contributed by atoms with Crippen LogP contribution in [0.4, 0.5) is 4.79 Å². The van der Waals surface area contributed by atoms with E-state index in [4.69, 9.17) is 19.9 Å². The molecule has 0 aromatic heterocycles. The van der Waals surface area contributed by atoms with Crippen LogP contribution in [0.5, 0.6) is 0 Å². The van der Waals surface area contributed by atoms with Crippen molar-refractivity contribution in [1.82, 2.24) is 10.2 Å². The summed E-state index contributed by atoms with van der Waals surface area (Å²) in [4.78, 5) is 14.1. The molecule has 23 heavy (non-hydrogen) atoms. The van der Waals surface area contributed by atoms with Crippen molar-refractivity contribution in [2.45, 2.75) is 45.3 Å². The highest BCUT2D eigenvalue weighted by atomic mass is 16.6. The molecule has 0 aromatic rings. The number of nitrogens with one attached hydrogen (secondary N) is 1. The van der Waals surface area contributed by atoms with Gasteiger partial charge in [0.25, 0.3) is 0 Å². The minimum absolute atomic E-state index is 0.201. The fourth-order valence-electron chi connectivity index (χ4n) is 2.37. The van der Waals surface area contributed by atoms with Crippen LogP contribution in [0.25, 0.3) is 0 Å². The van der Waals surface area contributed by atoms with Crippen molar-refractivity contribution in [2.24, 2.45) is 5.73 Å². The summed E-state index contributed by atoms with van der Waals surface area (Å²) in [5.41, 5.74) is 4.88. The first kappa shape index (κ1) is 20.2. The number of alkyl carbamates (subject to hydrolysis) is 1. The number of rotatable bonds is 9. The first-order valence-electron chi connectivity index (χ1n) is 8.48. The van der Waals surface area contributed by atoms with E-state index in [1.165, 1.54) is 0 Å². The fourth-order valence-corrected chi connectivity index (χ4v) is 2.37. The number of nitrogens with zero attached hydrogens (tertiary/aromatic N) is 1. The van der Waals surface area contributed by atoms with E-state index in [1.807, 2.05) is 20.8 Å². The fraction of sp³-hybridized carbons (Fsp3) is 0.938. The van der Waals surface area contributed by atoms with Gasteiger partial charge < -0.3 is 30.2 Å². The van der Waals surface area contributed by atoms with Crippen LogP contribution in [0.3, 0.4) is 0 Å². The largest absolute Gasteiger partial charge is 0.444 e. The first-order valence-corrected chi connectivity index (χ1v) is 8.48. The Morgan fingerprint density at radius 1 is 1.13 bits per heavy atom. The third kappa shape index (κ3) is 10.5. The Morgan fingerprint density at radius 3 is 2.30 bits per heavy atom. The number of amides is 1. The monoisotopic (exact) mass is 331 g/mol. The van der Waals surface area contributed by atoms with Crippen LogP contribution in [-0.2, 0) is 14.2 Å². The third-order valence-corrected chi connectivity index (χ3v) is 3.49. The number of hydrogen-bond donors (Lipinski definition) is 2. The second kappa shape index (κ2) is 10.8. The quantitative estimate of drug-likeness (QED) is 0.612. The van der Waals surface area contributed by atoms with Gasteiger partial charge in [-0.2, -0.15) is 0 Å². The molecule has 0 saturated carbocycles. The van der Waals surface area contributed by atoms with Crippen molar-refractivity contribution in [2.75, 3.05) is 52.6 Å². The molecule has 1 amide bonds. The Labute approximate surface area is 139 Å². The molecular weight excluding hydrogens is 298 g/mol. The van der Waals surface area contributed by atoms with E-state index in [-0.39, 0.29) is 12.1 Å². The molecule has 3 N–H and O–H groups in total. The van der Waals surface area contributed by atoms with Crippen LogP contribution in [0.15, 0.2) is 0 Å². The topological polar surface area (TPSA) is 86.0 Å². The Morgan fingerprint density at radius 2 is 1.74 bits per heavy atom. The van der Waals surface area contributed by atoms with Gasteiger partial charge in [-0.25, -0.2) is 4.79 Å². The predicted molar refractivity (Wildman–Crippen MR) is 89.5 cm³/mol. The second-order valence-corrected chi connectivity index (χ2v) is 6.78. The lowest BCUT2D eigenvalue weighted by Crippen LogP contribution is -2.46. The van der Waals surface area contributed by atoms with Gasteiger partial charge in [-0.05, 0) is 33.6 Å². The number of ether oxygens (including phenoxy) is 3. The first-order chi connectivity index (χ1) is 10.9. The van der Waals surface area contributed by atoms with E-state index < -0.39 is 5.60 Å². The van der Waals surface area contributed by atoms with Gasteiger partial charge in [0.15, 0.2) is 0 Å². The van der Waals surface area contributed by atoms with Crippen molar-refractivity contribution < 1.29 is 19.0 Å². The molecule has 1 saturated heterocycles. The highest BCUT2D eigenvalue weighted by molar-refractivity contribution is 5.68. The van der Waals surface area contributed by atoms with Gasteiger partial charge >= 0.3 is 6.09 Å². The molecule has 136 valence electrons. The highest BCUT2D eigenvalue weighted by Crippen LogP contribution is 2.12. The number of likely N-dealkylation sites (tertiary alicyclic amines) is 1. The molecule has 0 radical (unpaired) electrons. The van der Waals surface area contributed by atoms with Gasteiger partial charge in [-0.1, -0.05) is 0 Å². The molecule has 0 bridgehead atoms. The normalized spacial score (nSPS) is 17.2. The van der Waals surface area contributed by atoms with Crippen molar-refractivity contribution in [1.29, 1.82) is 0 Å². The highest BCUT2D eigenvalue weighted by Gasteiger charge is 2.23. The van der Waals surface area contributed by atoms with Crippen LogP contribution in [0.2, 0.25) is 0 Å². The summed E-state index contributed by atoms with van der Waals surface area (Å²) in [6.45, 7) is 11.5. The summed E-state index contributed by atoms with van der Waals surface area (Å²) in [7, 11) is 0. The zero-order valence-corrected chi connectivity index (χ0v) is 14.8. The molecular formula is C16H33N3O4. The van der Waals surface area contributed by atoms with E-state index in [0.717, 1.165) is 32.5 Å². The predicted octanol–water partition coefficient (Wildman–Crippen LogP) is 0.967. The van der Waals surface area contributed by atoms with Crippen molar-refractivity contribution >= 4 is 6.09 Å². The zero-order chi connectivity index (χ0) is 17.1. The molecule has 0 aliphatic carbocycles. The van der Waals surface area contributed by atoms with E-state index in [1.54, 1.807) is 0 Å². The second-order valence-electron chi connectivity index (χ2n) is 6.78. The standard InChI is InChI=1S/C16H33N3O4/c1-16(2,3)23-15(20)18-14-4-7-19(8-5-14)9-11-22-13-12-21-10-6-17/h14H,4-13,17H2,1-3H3,(H,18,20). The summed E-state index contributed by atoms with van der Waals surface area (Å²) in [5, 5.41) is 2.95. The summed E-state index contributed by atoms with van der Waals surface area (Å²) in [5.74, 6) is 0. The molecule has 0 aromatic carbocycles. The maximum atomic E-state index is 11.7. The molecule has 1 rings (SSSR count). The van der Waals surface area contributed by atoms with Gasteiger partial charge in [0.05, 0.1) is 26.4 Å². The van der Waals surface area contributed by atoms with Gasteiger partial charge in [0.1, 0.15) is 5.60 Å². The van der Waals surface area contributed by atoms with E-state index >= 15 is 0 Å². The van der Waals surface area contributed by atoms with Crippen LogP contribution in [0.1, 0.15) is 33.6 Å². The Hall–Kier alpha value is -0.890. The van der Waals surface area contributed by atoms with Gasteiger partial charge in [0.2, 0.25) is 0 Å². The maximum Gasteiger partial charge on any atom is 0.407 e. The lowest BCUT2D eigenvalue weighted by Gasteiger charge is -2.32. The van der Waals surface area contributed by atoms with Gasteiger partial charge in [0, 0.05) is 32.2 Å². The van der Waals surface area contributed by atoms with Crippen molar-refractivity contribution in [3.63, 3.8) is 0 Å². The minimum Gasteiger partial charge on any atom is -0.444 e. The lowest BCUT2D eigenvalue weighted by atomic mass is 10.1. The molecule has 1 heterocycles. The van der Waals surface area contributed by atoms with E-state index in [0.29, 0.717) is 33.0 Å². The average molecular weight is 331 g/mol.